The van der Waals surface area contributed by atoms with Gasteiger partial charge >= 0.3 is 0 Å². The van der Waals surface area contributed by atoms with E-state index in [-0.39, 0.29) is 11.8 Å². The molecule has 1 atom stereocenters. The molecule has 2 aliphatic rings. The van der Waals surface area contributed by atoms with Gasteiger partial charge in [0.1, 0.15) is 0 Å². The maximum absolute atomic E-state index is 12.6. The van der Waals surface area contributed by atoms with Gasteiger partial charge in [-0.3, -0.25) is 9.59 Å². The van der Waals surface area contributed by atoms with E-state index in [2.05, 4.69) is 22.5 Å². The van der Waals surface area contributed by atoms with Gasteiger partial charge in [-0.15, -0.1) is 0 Å². The zero-order valence-electron chi connectivity index (χ0n) is 17.9. The van der Waals surface area contributed by atoms with Crippen molar-refractivity contribution in [2.45, 2.75) is 31.1 Å². The Morgan fingerprint density at radius 3 is 2.90 bits per heavy atom. The summed E-state index contributed by atoms with van der Waals surface area (Å²) in [5.41, 5.74) is 2.25. The van der Waals surface area contributed by atoms with Gasteiger partial charge in [0, 0.05) is 23.5 Å². The van der Waals surface area contributed by atoms with E-state index < -0.39 is 0 Å². The van der Waals surface area contributed by atoms with E-state index in [1.807, 2.05) is 48.5 Å². The van der Waals surface area contributed by atoms with Gasteiger partial charge in [-0.1, -0.05) is 49.0 Å². The first-order valence-corrected chi connectivity index (χ1v) is 11.8. The Morgan fingerprint density at radius 1 is 1.26 bits per heavy atom. The number of anilines is 1. The SMILES string of the molecule is C[C@@H]1CCCN(CCCNC(=O)c2ccc3c(c2)NC(=O)/C(=C/c2ccccc2)S3)C1. The second-order valence-corrected chi connectivity index (χ2v) is 9.43. The first kappa shape index (κ1) is 21.7. The van der Waals surface area contributed by atoms with Crippen molar-refractivity contribution in [1.29, 1.82) is 0 Å². The van der Waals surface area contributed by atoms with E-state index in [9.17, 15) is 9.59 Å². The molecule has 5 nitrogen and oxygen atoms in total. The Hall–Kier alpha value is -2.57. The fraction of sp³-hybridized carbons (Fsp3) is 0.360. The van der Waals surface area contributed by atoms with Crippen LogP contribution in [0.2, 0.25) is 0 Å². The summed E-state index contributed by atoms with van der Waals surface area (Å²) < 4.78 is 0. The van der Waals surface area contributed by atoms with Crippen LogP contribution in [0.5, 0.6) is 0 Å². The molecule has 2 N–H and O–H groups in total. The lowest BCUT2D eigenvalue weighted by Gasteiger charge is -2.30. The summed E-state index contributed by atoms with van der Waals surface area (Å²) in [5.74, 6) is 0.532. The summed E-state index contributed by atoms with van der Waals surface area (Å²) in [4.78, 5) is 29.2. The number of rotatable bonds is 6. The standard InChI is InChI=1S/C25H29N3O2S/c1-18-7-5-13-28(17-18)14-6-12-26-24(29)20-10-11-22-21(16-20)27-25(30)23(31-22)15-19-8-3-2-4-9-19/h2-4,8-11,15-16,18H,5-7,12-14,17H2,1H3,(H,26,29)(H,27,30)/b23-15-/t18-/m1/s1. The molecule has 0 aliphatic carbocycles. The summed E-state index contributed by atoms with van der Waals surface area (Å²) in [6.07, 6.45) is 5.43. The predicted molar refractivity (Wildman–Crippen MR) is 127 cm³/mol. The number of benzene rings is 2. The molecule has 0 unspecified atom stereocenters. The monoisotopic (exact) mass is 435 g/mol. The van der Waals surface area contributed by atoms with Gasteiger partial charge in [-0.05, 0) is 68.1 Å². The van der Waals surface area contributed by atoms with E-state index >= 15 is 0 Å². The molecule has 162 valence electrons. The van der Waals surface area contributed by atoms with Crippen LogP contribution in [-0.2, 0) is 4.79 Å². The molecule has 2 amide bonds. The Kier molecular flexibility index (Phi) is 7.10. The number of fused-ring (bicyclic) bond motifs is 1. The van der Waals surface area contributed by atoms with Crippen LogP contribution < -0.4 is 10.6 Å². The van der Waals surface area contributed by atoms with Crippen molar-refractivity contribution in [1.82, 2.24) is 10.2 Å². The normalized spacial score (nSPS) is 20.2. The number of thioether (sulfide) groups is 1. The summed E-state index contributed by atoms with van der Waals surface area (Å²) in [6, 6.07) is 15.3. The quantitative estimate of drug-likeness (QED) is 0.513. The number of carbonyl (C=O) groups excluding carboxylic acids is 2. The largest absolute Gasteiger partial charge is 0.352 e. The van der Waals surface area contributed by atoms with E-state index in [0.717, 1.165) is 35.9 Å². The van der Waals surface area contributed by atoms with Gasteiger partial charge in [0.2, 0.25) is 0 Å². The van der Waals surface area contributed by atoms with Crippen molar-refractivity contribution in [3.63, 3.8) is 0 Å². The molecule has 2 aromatic rings. The van der Waals surface area contributed by atoms with E-state index in [0.29, 0.717) is 22.7 Å². The van der Waals surface area contributed by atoms with Crippen molar-refractivity contribution in [3.05, 3.63) is 64.6 Å². The topological polar surface area (TPSA) is 61.4 Å². The number of nitrogens with zero attached hydrogens (tertiary/aromatic N) is 1. The molecule has 2 aliphatic heterocycles. The molecular formula is C25H29N3O2S. The van der Waals surface area contributed by atoms with Crippen molar-refractivity contribution in [2.24, 2.45) is 5.92 Å². The van der Waals surface area contributed by atoms with Gasteiger partial charge in [-0.2, -0.15) is 0 Å². The van der Waals surface area contributed by atoms with Crippen LogP contribution in [0.15, 0.2) is 58.3 Å². The molecule has 4 rings (SSSR count). The first-order chi connectivity index (χ1) is 15.1. The molecule has 0 spiro atoms. The Bertz CT molecular complexity index is 974. The lowest BCUT2D eigenvalue weighted by Crippen LogP contribution is -2.36. The average Bonchev–Trinajstić information content (AvgIpc) is 2.77. The molecule has 0 radical (unpaired) electrons. The molecule has 2 heterocycles. The van der Waals surface area contributed by atoms with Gasteiger partial charge in [0.15, 0.2) is 0 Å². The highest BCUT2D eigenvalue weighted by atomic mass is 32.2. The highest BCUT2D eigenvalue weighted by Crippen LogP contribution is 2.39. The molecule has 0 aromatic heterocycles. The molecular weight excluding hydrogens is 406 g/mol. The second-order valence-electron chi connectivity index (χ2n) is 8.34. The maximum Gasteiger partial charge on any atom is 0.262 e. The van der Waals surface area contributed by atoms with E-state index in [1.165, 1.54) is 31.1 Å². The molecule has 1 fully saturated rings. The van der Waals surface area contributed by atoms with Crippen molar-refractivity contribution < 1.29 is 9.59 Å². The van der Waals surface area contributed by atoms with Crippen molar-refractivity contribution in [2.75, 3.05) is 31.5 Å². The highest BCUT2D eigenvalue weighted by molar-refractivity contribution is 8.04. The van der Waals surface area contributed by atoms with Crippen molar-refractivity contribution >= 4 is 35.3 Å². The van der Waals surface area contributed by atoms with E-state index in [4.69, 9.17) is 0 Å². The van der Waals surface area contributed by atoms with Crippen LogP contribution in [0.25, 0.3) is 6.08 Å². The van der Waals surface area contributed by atoms with Crippen LogP contribution in [0, 0.1) is 5.92 Å². The summed E-state index contributed by atoms with van der Waals surface area (Å²) >= 11 is 1.43. The van der Waals surface area contributed by atoms with Crippen LogP contribution in [0.3, 0.4) is 0 Å². The van der Waals surface area contributed by atoms with Gasteiger partial charge < -0.3 is 15.5 Å². The maximum atomic E-state index is 12.6. The number of carbonyl (C=O) groups is 2. The number of piperidine rings is 1. The highest BCUT2D eigenvalue weighted by Gasteiger charge is 2.22. The summed E-state index contributed by atoms with van der Waals surface area (Å²) in [5, 5.41) is 5.94. The number of amides is 2. The third-order valence-corrected chi connectivity index (χ3v) is 6.81. The fourth-order valence-corrected chi connectivity index (χ4v) is 5.03. The lowest BCUT2D eigenvalue weighted by atomic mass is 10.0. The number of hydrogen-bond acceptors (Lipinski definition) is 4. The second kappa shape index (κ2) is 10.2. The molecule has 31 heavy (non-hydrogen) atoms. The zero-order valence-corrected chi connectivity index (χ0v) is 18.7. The average molecular weight is 436 g/mol. The smallest absolute Gasteiger partial charge is 0.262 e. The minimum atomic E-state index is -0.144. The third-order valence-electron chi connectivity index (χ3n) is 5.71. The van der Waals surface area contributed by atoms with Gasteiger partial charge in [-0.25, -0.2) is 0 Å². The van der Waals surface area contributed by atoms with Gasteiger partial charge in [0.05, 0.1) is 10.6 Å². The first-order valence-electron chi connectivity index (χ1n) is 11.0. The Morgan fingerprint density at radius 2 is 2.10 bits per heavy atom. The zero-order chi connectivity index (χ0) is 21.6. The van der Waals surface area contributed by atoms with Crippen LogP contribution in [0.4, 0.5) is 5.69 Å². The molecule has 0 bridgehead atoms. The molecule has 6 heteroatoms. The van der Waals surface area contributed by atoms with Crippen molar-refractivity contribution in [3.8, 4) is 0 Å². The Balaban J connectivity index is 1.32. The fourth-order valence-electron chi connectivity index (χ4n) is 4.10. The van der Waals surface area contributed by atoms with E-state index in [1.54, 1.807) is 6.07 Å². The number of likely N-dealkylation sites (tertiary alicyclic amines) is 1. The molecule has 1 saturated heterocycles. The summed E-state index contributed by atoms with van der Waals surface area (Å²) in [6.45, 7) is 6.32. The molecule has 0 saturated carbocycles. The van der Waals surface area contributed by atoms with Crippen LogP contribution in [0.1, 0.15) is 42.1 Å². The van der Waals surface area contributed by atoms with Crippen LogP contribution in [-0.4, -0.2) is 42.9 Å². The van der Waals surface area contributed by atoms with Gasteiger partial charge in [0.25, 0.3) is 11.8 Å². The minimum absolute atomic E-state index is 0.0975. The minimum Gasteiger partial charge on any atom is -0.352 e. The molecule has 2 aromatic carbocycles. The lowest BCUT2D eigenvalue weighted by molar-refractivity contribution is -0.112. The number of nitrogens with one attached hydrogen (secondary N) is 2. The Labute approximate surface area is 188 Å². The summed E-state index contributed by atoms with van der Waals surface area (Å²) in [7, 11) is 0. The van der Waals surface area contributed by atoms with Crippen LogP contribution >= 0.6 is 11.8 Å². The third kappa shape index (κ3) is 5.77. The number of hydrogen-bond donors (Lipinski definition) is 2. The predicted octanol–water partition coefficient (Wildman–Crippen LogP) is 4.62.